The Kier molecular flexibility index (Phi) is 4.99. The molecule has 9 heteroatoms. The summed E-state index contributed by atoms with van der Waals surface area (Å²) in [6.45, 7) is 0.973. The van der Waals surface area contributed by atoms with Crippen molar-refractivity contribution in [3.63, 3.8) is 0 Å². The predicted octanol–water partition coefficient (Wildman–Crippen LogP) is 2.83. The molecule has 0 unspecified atom stereocenters. The number of nitrogens with zero attached hydrogens (tertiary/aromatic N) is 2. The molecule has 1 saturated heterocycles. The molecule has 1 fully saturated rings. The molecule has 2 aromatic rings. The minimum absolute atomic E-state index is 0.0781. The molecule has 1 N–H and O–H groups in total. The maximum absolute atomic E-state index is 14.3. The van der Waals surface area contributed by atoms with Gasteiger partial charge >= 0.3 is 0 Å². The molecule has 0 aliphatic carbocycles. The number of nitrogens with one attached hydrogen (secondary N) is 1. The van der Waals surface area contributed by atoms with Gasteiger partial charge in [-0.3, -0.25) is 9.59 Å². The number of carbonyl (C=O) groups excluding carboxylic acids is 2. The highest BCUT2D eigenvalue weighted by atomic mass is 35.5. The number of fused-ring (bicyclic) bond motifs is 1. The summed E-state index contributed by atoms with van der Waals surface area (Å²) in [5, 5.41) is 11.8. The van der Waals surface area contributed by atoms with Gasteiger partial charge in [0.05, 0.1) is 34.5 Å². The molecular weight excluding hydrogens is 401 g/mol. The lowest BCUT2D eigenvalue weighted by atomic mass is 9.99. The second-order valence-electron chi connectivity index (χ2n) is 6.81. The van der Waals surface area contributed by atoms with E-state index in [0.29, 0.717) is 36.0 Å². The minimum atomic E-state index is -0.700. The van der Waals surface area contributed by atoms with Gasteiger partial charge < -0.3 is 19.7 Å². The molecule has 0 aromatic heterocycles. The van der Waals surface area contributed by atoms with Gasteiger partial charge in [0.25, 0.3) is 11.8 Å². The van der Waals surface area contributed by atoms with Crippen molar-refractivity contribution in [2.45, 2.75) is 0 Å². The fourth-order valence-corrected chi connectivity index (χ4v) is 3.41. The van der Waals surface area contributed by atoms with Crippen LogP contribution in [0.5, 0.6) is 11.5 Å². The molecule has 2 heterocycles. The van der Waals surface area contributed by atoms with Gasteiger partial charge in [-0.2, -0.15) is 5.26 Å². The van der Waals surface area contributed by atoms with Crippen LogP contribution in [0.3, 0.4) is 0 Å². The van der Waals surface area contributed by atoms with Gasteiger partial charge in [0.1, 0.15) is 17.3 Å². The zero-order chi connectivity index (χ0) is 20.5. The predicted molar refractivity (Wildman–Crippen MR) is 102 cm³/mol. The third-order valence-corrected chi connectivity index (χ3v) is 5.01. The van der Waals surface area contributed by atoms with Crippen molar-refractivity contribution in [1.82, 2.24) is 4.90 Å². The highest BCUT2D eigenvalue weighted by Crippen LogP contribution is 2.32. The van der Waals surface area contributed by atoms with E-state index in [9.17, 15) is 14.0 Å². The smallest absolute Gasteiger partial charge is 0.262 e. The van der Waals surface area contributed by atoms with Crippen LogP contribution < -0.4 is 14.8 Å². The number of ether oxygens (including phenoxy) is 2. The molecule has 2 aromatic carbocycles. The Labute approximate surface area is 170 Å². The van der Waals surface area contributed by atoms with Crippen LogP contribution in [-0.4, -0.2) is 43.0 Å². The molecule has 2 aliphatic rings. The summed E-state index contributed by atoms with van der Waals surface area (Å²) >= 11 is 6.08. The number of nitriles is 1. The molecule has 2 aliphatic heterocycles. The van der Waals surface area contributed by atoms with Crippen molar-refractivity contribution in [3.8, 4) is 17.6 Å². The number of likely N-dealkylation sites (tertiary alicyclic amines) is 1. The topological polar surface area (TPSA) is 91.7 Å². The first kappa shape index (κ1) is 19.0. The summed E-state index contributed by atoms with van der Waals surface area (Å²) in [4.78, 5) is 25.5. The molecule has 4 rings (SSSR count). The van der Waals surface area contributed by atoms with Gasteiger partial charge in [-0.25, -0.2) is 4.39 Å². The Balaban J connectivity index is 1.35. The lowest BCUT2D eigenvalue weighted by Gasteiger charge is -2.39. The average molecular weight is 416 g/mol. The zero-order valence-electron chi connectivity index (χ0n) is 15.1. The molecular formula is C20H15ClFN3O4. The first-order valence-electron chi connectivity index (χ1n) is 8.82. The second-order valence-corrected chi connectivity index (χ2v) is 7.22. The number of hydrogen-bond donors (Lipinski definition) is 1. The van der Waals surface area contributed by atoms with Crippen molar-refractivity contribution in [2.75, 3.05) is 31.6 Å². The summed E-state index contributed by atoms with van der Waals surface area (Å²) in [6, 6.07) is 9.16. The largest absolute Gasteiger partial charge is 0.492 e. The SMILES string of the molecule is N#Cc1ccc(OCC2CN(C(=O)c3cc4c(cc3F)OCC(=O)N4)C2)c(Cl)c1. The first-order valence-corrected chi connectivity index (χ1v) is 9.20. The monoisotopic (exact) mass is 415 g/mol. The lowest BCUT2D eigenvalue weighted by molar-refractivity contribution is -0.118. The lowest BCUT2D eigenvalue weighted by Crippen LogP contribution is -2.52. The fraction of sp³-hybridized carbons (Fsp3) is 0.250. The number of carbonyl (C=O) groups is 2. The van der Waals surface area contributed by atoms with E-state index in [1.165, 1.54) is 17.0 Å². The maximum Gasteiger partial charge on any atom is 0.262 e. The maximum atomic E-state index is 14.3. The van der Waals surface area contributed by atoms with Crippen LogP contribution in [0.1, 0.15) is 15.9 Å². The summed E-state index contributed by atoms with van der Waals surface area (Å²) in [5.74, 6) is -0.772. The summed E-state index contributed by atoms with van der Waals surface area (Å²) < 4.78 is 25.1. The zero-order valence-corrected chi connectivity index (χ0v) is 15.8. The summed E-state index contributed by atoms with van der Waals surface area (Å²) in [7, 11) is 0. The molecule has 0 atom stereocenters. The molecule has 0 spiro atoms. The molecule has 0 bridgehead atoms. The average Bonchev–Trinajstić information content (AvgIpc) is 2.67. The molecule has 7 nitrogen and oxygen atoms in total. The van der Waals surface area contributed by atoms with Crippen molar-refractivity contribution in [1.29, 1.82) is 5.26 Å². The molecule has 2 amide bonds. The van der Waals surface area contributed by atoms with E-state index in [1.54, 1.807) is 12.1 Å². The van der Waals surface area contributed by atoms with Gasteiger partial charge in [0.2, 0.25) is 0 Å². The number of rotatable bonds is 4. The van der Waals surface area contributed by atoms with E-state index in [-0.39, 0.29) is 35.4 Å². The van der Waals surface area contributed by atoms with Gasteiger partial charge in [0.15, 0.2) is 6.61 Å². The van der Waals surface area contributed by atoms with Crippen molar-refractivity contribution in [2.24, 2.45) is 5.92 Å². The van der Waals surface area contributed by atoms with E-state index in [2.05, 4.69) is 5.32 Å². The van der Waals surface area contributed by atoms with Crippen LogP contribution in [0.2, 0.25) is 5.02 Å². The summed E-state index contributed by atoms with van der Waals surface area (Å²) in [5.41, 5.74) is 0.599. The summed E-state index contributed by atoms with van der Waals surface area (Å²) in [6.07, 6.45) is 0. The highest BCUT2D eigenvalue weighted by molar-refractivity contribution is 6.32. The number of benzene rings is 2. The van der Waals surface area contributed by atoms with Crippen LogP contribution in [-0.2, 0) is 4.79 Å². The highest BCUT2D eigenvalue weighted by Gasteiger charge is 2.34. The molecule has 0 radical (unpaired) electrons. The van der Waals surface area contributed by atoms with Crippen LogP contribution in [0.25, 0.3) is 0 Å². The van der Waals surface area contributed by atoms with Crippen molar-refractivity contribution < 1.29 is 23.5 Å². The molecule has 29 heavy (non-hydrogen) atoms. The number of hydrogen-bond acceptors (Lipinski definition) is 5. The minimum Gasteiger partial charge on any atom is -0.492 e. The van der Waals surface area contributed by atoms with E-state index in [0.717, 1.165) is 6.07 Å². The van der Waals surface area contributed by atoms with Crippen LogP contribution in [0.15, 0.2) is 30.3 Å². The second kappa shape index (κ2) is 7.60. The Morgan fingerprint density at radius 2 is 2.17 bits per heavy atom. The number of amides is 2. The van der Waals surface area contributed by atoms with E-state index >= 15 is 0 Å². The third kappa shape index (κ3) is 3.82. The normalized spacial score (nSPS) is 15.5. The molecule has 0 saturated carbocycles. The Bertz CT molecular complexity index is 1050. The third-order valence-electron chi connectivity index (χ3n) is 4.71. The van der Waals surface area contributed by atoms with Crippen molar-refractivity contribution >= 4 is 29.1 Å². The Morgan fingerprint density at radius 1 is 1.38 bits per heavy atom. The van der Waals surface area contributed by atoms with Crippen LogP contribution in [0, 0.1) is 23.1 Å². The van der Waals surface area contributed by atoms with Crippen LogP contribution in [0.4, 0.5) is 10.1 Å². The number of halogens is 2. The fourth-order valence-electron chi connectivity index (χ4n) is 3.17. The van der Waals surface area contributed by atoms with E-state index < -0.39 is 11.7 Å². The number of anilines is 1. The molecule has 148 valence electrons. The Hall–Kier alpha value is -3.31. The first-order chi connectivity index (χ1) is 13.9. The van der Waals surface area contributed by atoms with Crippen LogP contribution >= 0.6 is 11.6 Å². The van der Waals surface area contributed by atoms with Gasteiger partial charge in [-0.05, 0) is 24.3 Å². The van der Waals surface area contributed by atoms with Crippen molar-refractivity contribution in [3.05, 3.63) is 52.3 Å². The van der Waals surface area contributed by atoms with Gasteiger partial charge in [0, 0.05) is 25.1 Å². The Morgan fingerprint density at radius 3 is 2.90 bits per heavy atom. The van der Waals surface area contributed by atoms with Gasteiger partial charge in [-0.15, -0.1) is 0 Å². The van der Waals surface area contributed by atoms with Gasteiger partial charge in [-0.1, -0.05) is 11.6 Å². The van der Waals surface area contributed by atoms with E-state index in [4.69, 9.17) is 26.3 Å². The van der Waals surface area contributed by atoms with E-state index in [1.807, 2.05) is 6.07 Å². The quantitative estimate of drug-likeness (QED) is 0.829. The standard InChI is InChI=1S/C20H15ClFN3O4/c21-14-3-11(6-23)1-2-17(14)28-9-12-7-25(8-12)20(27)13-4-16-18(5-15(13)22)29-10-19(26)24-16/h1-5,12H,7-10H2,(H,24,26).